The second kappa shape index (κ2) is 5.87. The van der Waals surface area contributed by atoms with Gasteiger partial charge in [-0.3, -0.25) is 5.32 Å². The monoisotopic (exact) mass is 242 g/mol. The van der Waals surface area contributed by atoms with Gasteiger partial charge in [-0.15, -0.1) is 0 Å². The highest BCUT2D eigenvalue weighted by Crippen LogP contribution is 2.15. The Morgan fingerprint density at radius 3 is 2.35 bits per heavy atom. The minimum Gasteiger partial charge on any atom is -0.444 e. The largest absolute Gasteiger partial charge is 0.444 e. The van der Waals surface area contributed by atoms with E-state index in [1.807, 2.05) is 13.8 Å². The lowest BCUT2D eigenvalue weighted by molar-refractivity contribution is 0.0103. The number of hydrogen-bond acceptors (Lipinski definition) is 4. The Balaban J connectivity index is 4.39. The fourth-order valence-corrected chi connectivity index (χ4v) is 1.12. The summed E-state index contributed by atoms with van der Waals surface area (Å²) in [7, 11) is 0. The fourth-order valence-electron chi connectivity index (χ4n) is 1.12. The molecule has 98 valence electrons. The fraction of sp³-hybridized carbons (Fsp3) is 0.833. The first kappa shape index (κ1) is 15.7. The minimum atomic E-state index is -1.85. The van der Waals surface area contributed by atoms with Crippen LogP contribution in [0.1, 0.15) is 47.5 Å². The van der Waals surface area contributed by atoms with Gasteiger partial charge in [0.05, 0.1) is 0 Å². The van der Waals surface area contributed by atoms with E-state index >= 15 is 0 Å². The van der Waals surface area contributed by atoms with Crippen LogP contribution in [0.4, 0.5) is 4.79 Å². The van der Waals surface area contributed by atoms with Gasteiger partial charge in [0, 0.05) is 6.42 Å². The van der Waals surface area contributed by atoms with Crippen LogP contribution in [-0.2, 0) is 4.74 Å². The van der Waals surface area contributed by atoms with E-state index in [-0.39, 0.29) is 6.42 Å². The van der Waals surface area contributed by atoms with Gasteiger partial charge >= 0.3 is 6.09 Å². The normalized spacial score (nSPS) is 14.9. The molecule has 5 nitrogen and oxygen atoms in total. The average Bonchev–Trinajstić information content (AvgIpc) is 2.11. The number of aliphatic hydroxyl groups is 1. The van der Waals surface area contributed by atoms with Crippen molar-refractivity contribution in [1.82, 2.24) is 5.32 Å². The lowest BCUT2D eigenvalue weighted by Crippen LogP contribution is -2.49. The maximum atomic E-state index is 11.4. The van der Waals surface area contributed by atoms with Crippen LogP contribution in [0.5, 0.6) is 0 Å². The van der Waals surface area contributed by atoms with Gasteiger partial charge in [-0.1, -0.05) is 13.8 Å². The van der Waals surface area contributed by atoms with Crippen LogP contribution in [0.15, 0.2) is 0 Å². The number of nitrogens with zero attached hydrogens (tertiary/aromatic N) is 1. The lowest BCUT2D eigenvalue weighted by atomic mass is 10.0. The van der Waals surface area contributed by atoms with E-state index in [0.29, 0.717) is 12.3 Å². The molecule has 2 N–H and O–H groups in total. The van der Waals surface area contributed by atoms with Crippen molar-refractivity contribution in [1.29, 1.82) is 5.26 Å². The third-order valence-electron chi connectivity index (χ3n) is 1.98. The van der Waals surface area contributed by atoms with E-state index < -0.39 is 17.4 Å². The molecule has 0 aromatic carbocycles. The van der Waals surface area contributed by atoms with Gasteiger partial charge in [-0.25, -0.2) is 4.79 Å². The van der Waals surface area contributed by atoms with E-state index in [2.05, 4.69) is 5.32 Å². The maximum absolute atomic E-state index is 11.4. The Morgan fingerprint density at radius 1 is 1.47 bits per heavy atom. The first-order chi connectivity index (χ1) is 7.58. The highest BCUT2D eigenvalue weighted by molar-refractivity contribution is 5.69. The standard InChI is InChI=1S/C12H22N2O3/c1-9(2)6-7-12(16,8-13)14-10(15)17-11(3,4)5/h9,16H,6-7H2,1-5H3,(H,14,15). The van der Waals surface area contributed by atoms with Gasteiger partial charge in [0.1, 0.15) is 11.7 Å². The number of carbonyl (C=O) groups is 1. The van der Waals surface area contributed by atoms with Crippen LogP contribution in [-0.4, -0.2) is 22.5 Å². The topological polar surface area (TPSA) is 82.4 Å². The molecule has 0 fully saturated rings. The molecule has 0 radical (unpaired) electrons. The molecule has 1 unspecified atom stereocenters. The van der Waals surface area contributed by atoms with E-state index in [4.69, 9.17) is 10.00 Å². The van der Waals surface area contributed by atoms with Crippen LogP contribution >= 0.6 is 0 Å². The number of amides is 1. The van der Waals surface area contributed by atoms with Gasteiger partial charge in [-0.2, -0.15) is 5.26 Å². The molecule has 0 bridgehead atoms. The Bertz CT molecular complexity index is 302. The minimum absolute atomic E-state index is 0.181. The number of rotatable bonds is 4. The predicted octanol–water partition coefficient (Wildman–Crippen LogP) is 2.16. The number of nitrogens with one attached hydrogen (secondary N) is 1. The molecule has 0 heterocycles. The van der Waals surface area contributed by atoms with Gasteiger partial charge < -0.3 is 9.84 Å². The van der Waals surface area contributed by atoms with Crippen LogP contribution in [0.3, 0.4) is 0 Å². The highest BCUT2D eigenvalue weighted by atomic mass is 16.6. The number of carbonyl (C=O) groups excluding carboxylic acids is 1. The summed E-state index contributed by atoms with van der Waals surface area (Å²) >= 11 is 0. The Labute approximate surface area is 103 Å². The molecule has 0 saturated heterocycles. The molecule has 0 aliphatic rings. The van der Waals surface area contributed by atoms with Crippen LogP contribution in [0.25, 0.3) is 0 Å². The third-order valence-corrected chi connectivity index (χ3v) is 1.98. The van der Waals surface area contributed by atoms with E-state index in [1.165, 1.54) is 0 Å². The number of hydrogen-bond donors (Lipinski definition) is 2. The van der Waals surface area contributed by atoms with E-state index in [1.54, 1.807) is 26.8 Å². The molecule has 0 spiro atoms. The van der Waals surface area contributed by atoms with Gasteiger partial charge in [-0.05, 0) is 33.1 Å². The zero-order valence-corrected chi connectivity index (χ0v) is 11.2. The summed E-state index contributed by atoms with van der Waals surface area (Å²) in [5.74, 6) is 0.343. The van der Waals surface area contributed by atoms with Crippen molar-refractivity contribution < 1.29 is 14.6 Å². The van der Waals surface area contributed by atoms with Gasteiger partial charge in [0.25, 0.3) is 0 Å². The number of nitriles is 1. The van der Waals surface area contributed by atoms with Crippen molar-refractivity contribution in [2.24, 2.45) is 5.92 Å². The molecule has 1 amide bonds. The zero-order valence-electron chi connectivity index (χ0n) is 11.2. The zero-order chi connectivity index (χ0) is 13.7. The SMILES string of the molecule is CC(C)CCC(O)(C#N)NC(=O)OC(C)(C)C. The van der Waals surface area contributed by atoms with Crippen molar-refractivity contribution >= 4 is 6.09 Å². The van der Waals surface area contributed by atoms with Crippen molar-refractivity contribution in [3.05, 3.63) is 0 Å². The maximum Gasteiger partial charge on any atom is 0.410 e. The summed E-state index contributed by atoms with van der Waals surface area (Å²) < 4.78 is 4.98. The second-order valence-corrected chi connectivity index (χ2v) is 5.53. The average molecular weight is 242 g/mol. The first-order valence-electron chi connectivity index (χ1n) is 5.73. The van der Waals surface area contributed by atoms with Crippen molar-refractivity contribution in [3.63, 3.8) is 0 Å². The molecule has 0 aliphatic carbocycles. The summed E-state index contributed by atoms with van der Waals surface area (Å²) in [4.78, 5) is 11.4. The first-order valence-corrected chi connectivity index (χ1v) is 5.73. The molecule has 0 aromatic rings. The molecular formula is C12H22N2O3. The molecule has 0 rings (SSSR count). The highest BCUT2D eigenvalue weighted by Gasteiger charge is 2.30. The summed E-state index contributed by atoms with van der Waals surface area (Å²) in [5, 5.41) is 20.9. The smallest absolute Gasteiger partial charge is 0.410 e. The lowest BCUT2D eigenvalue weighted by Gasteiger charge is -2.25. The van der Waals surface area contributed by atoms with Crippen molar-refractivity contribution in [3.8, 4) is 6.07 Å². The van der Waals surface area contributed by atoms with Crippen molar-refractivity contribution in [2.75, 3.05) is 0 Å². The van der Waals surface area contributed by atoms with Crippen LogP contribution < -0.4 is 5.32 Å². The molecule has 0 saturated carbocycles. The second-order valence-electron chi connectivity index (χ2n) is 5.53. The molecule has 1 atom stereocenters. The van der Waals surface area contributed by atoms with Crippen LogP contribution in [0, 0.1) is 17.2 Å². The Morgan fingerprint density at radius 2 is 2.00 bits per heavy atom. The summed E-state index contributed by atoms with van der Waals surface area (Å²) in [6, 6.07) is 1.69. The molecule has 0 aromatic heterocycles. The third kappa shape index (κ3) is 7.58. The van der Waals surface area contributed by atoms with Gasteiger partial charge in [0.2, 0.25) is 5.72 Å². The van der Waals surface area contributed by atoms with Crippen LogP contribution in [0.2, 0.25) is 0 Å². The number of ether oxygens (including phenoxy) is 1. The molecule has 17 heavy (non-hydrogen) atoms. The predicted molar refractivity (Wildman–Crippen MR) is 64.0 cm³/mol. The molecule has 5 heteroatoms. The molecule has 0 aliphatic heterocycles. The number of alkyl carbamates (subject to hydrolysis) is 1. The summed E-state index contributed by atoms with van der Waals surface area (Å²) in [6.07, 6.45) is 0.0330. The Kier molecular flexibility index (Phi) is 5.43. The summed E-state index contributed by atoms with van der Waals surface area (Å²) in [5.41, 5.74) is -2.51. The van der Waals surface area contributed by atoms with Gasteiger partial charge in [0.15, 0.2) is 0 Å². The van der Waals surface area contributed by atoms with Crippen molar-refractivity contribution in [2.45, 2.75) is 58.8 Å². The Hall–Kier alpha value is -1.28. The quantitative estimate of drug-likeness (QED) is 0.584. The molecular weight excluding hydrogens is 220 g/mol. The summed E-state index contributed by atoms with van der Waals surface area (Å²) in [6.45, 7) is 9.10. The van der Waals surface area contributed by atoms with E-state index in [9.17, 15) is 9.90 Å². The van der Waals surface area contributed by atoms with E-state index in [0.717, 1.165) is 0 Å².